The smallest absolute Gasteiger partial charge is 0.328 e. The van der Waals surface area contributed by atoms with E-state index in [-0.39, 0.29) is 0 Å². The summed E-state index contributed by atoms with van der Waals surface area (Å²) in [6, 6.07) is 0. The van der Waals surface area contributed by atoms with E-state index < -0.39 is 8.60 Å². The van der Waals surface area contributed by atoms with Crippen molar-refractivity contribution >= 4 is 21.5 Å². The summed E-state index contributed by atoms with van der Waals surface area (Å²) in [5.74, 6) is 0. The maximum absolute atomic E-state index is 7.68. The summed E-state index contributed by atoms with van der Waals surface area (Å²) in [7, 11) is -2.23. The Morgan fingerprint density at radius 1 is 1.60 bits per heavy atom. The van der Waals surface area contributed by atoms with Crippen molar-refractivity contribution < 1.29 is 13.8 Å². The van der Waals surface area contributed by atoms with Gasteiger partial charge < -0.3 is 9.79 Å². The highest BCUT2D eigenvalue weighted by Gasteiger charge is 1.88. The molecule has 0 aromatic rings. The van der Waals surface area contributed by atoms with Crippen molar-refractivity contribution in [1.82, 2.24) is 0 Å². The van der Waals surface area contributed by atoms with Gasteiger partial charge in [-0.15, -0.1) is 0 Å². The van der Waals surface area contributed by atoms with E-state index in [0.717, 1.165) is 0 Å². The summed E-state index contributed by atoms with van der Waals surface area (Å²) >= 11 is 3.04. The average Bonchev–Trinajstić information content (AvgIpc) is 1.38. The lowest BCUT2D eigenvalue weighted by molar-refractivity contribution is 0.400. The molecule has 0 radical (unpaired) electrons. The summed E-state index contributed by atoms with van der Waals surface area (Å²) in [4.78, 5) is 15.4. The predicted octanol–water partition coefficient (Wildman–Crippen LogP) is 0.0593. The van der Waals surface area contributed by atoms with Crippen molar-refractivity contribution in [3.05, 3.63) is 0 Å². The van der Waals surface area contributed by atoms with Crippen LogP contribution < -0.4 is 0 Å². The molecule has 3 nitrogen and oxygen atoms in total. The zero-order valence-electron chi connectivity index (χ0n) is 2.20. The van der Waals surface area contributed by atoms with Gasteiger partial charge in [0.2, 0.25) is 0 Å². The quantitative estimate of drug-likeness (QED) is 0.256. The maximum Gasteiger partial charge on any atom is 0.338 e. The fourth-order valence-corrected chi connectivity index (χ4v) is 0. The van der Waals surface area contributed by atoms with Crippen LogP contribution in [-0.2, 0) is 3.97 Å². The van der Waals surface area contributed by atoms with E-state index in [9.17, 15) is 0 Å². The Labute approximate surface area is 36.2 Å². The van der Waals surface area contributed by atoms with Gasteiger partial charge in [-0.1, -0.05) is 0 Å². The first-order chi connectivity index (χ1) is 2.27. The Kier molecular flexibility index (Phi) is 3.25. The van der Waals surface area contributed by atoms with Crippen LogP contribution in [0.25, 0.3) is 0 Å². The molecular weight excluding hydrogens is 111 g/mol. The third-order valence-corrected chi connectivity index (χ3v) is 0.657. The highest BCUT2D eigenvalue weighted by atomic mass is 32.1. The van der Waals surface area contributed by atoms with Crippen LogP contribution in [0, 0.1) is 0 Å². The normalized spacial score (nSPS) is 9.60. The zero-order valence-corrected chi connectivity index (χ0v) is 3.99. The highest BCUT2D eigenvalue weighted by Crippen LogP contribution is 2.25. The van der Waals surface area contributed by atoms with Crippen LogP contribution in [0.3, 0.4) is 0 Å². The van der Waals surface area contributed by atoms with E-state index in [1.165, 1.54) is 0 Å². The second-order valence-corrected chi connectivity index (χ2v) is 1.49. The fraction of sp³-hybridized carbons (Fsp3) is 0. The first kappa shape index (κ1) is 5.66. The van der Waals surface area contributed by atoms with E-state index >= 15 is 0 Å². The Hall–Kier alpha value is 0.660. The number of rotatable bonds is 1. The Bertz CT molecular complexity index is 20.9. The van der Waals surface area contributed by atoms with E-state index in [2.05, 4.69) is 16.9 Å². The number of hydrogen-bond acceptors (Lipinski definition) is 4. The van der Waals surface area contributed by atoms with Gasteiger partial charge in [0, 0.05) is 0 Å². The van der Waals surface area contributed by atoms with Crippen molar-refractivity contribution in [2.75, 3.05) is 0 Å². The Balaban J connectivity index is 2.54. The van der Waals surface area contributed by atoms with Crippen molar-refractivity contribution in [3.63, 3.8) is 0 Å². The molecule has 0 saturated heterocycles. The van der Waals surface area contributed by atoms with Gasteiger partial charge >= 0.3 is 8.60 Å². The molecule has 0 aliphatic rings. The first-order valence-corrected chi connectivity index (χ1v) is 2.30. The third-order valence-electron chi connectivity index (χ3n) is 0.0730. The Morgan fingerprint density at radius 3 is 1.80 bits per heavy atom. The first-order valence-electron chi connectivity index (χ1n) is 0.765. The molecule has 0 atom stereocenters. The van der Waals surface area contributed by atoms with Gasteiger partial charge in [0.25, 0.3) is 0 Å². The molecule has 0 fully saturated rings. The average molecular weight is 114 g/mol. The molecule has 0 aliphatic heterocycles. The van der Waals surface area contributed by atoms with Gasteiger partial charge in [0.15, 0.2) is 0 Å². The monoisotopic (exact) mass is 114 g/mol. The minimum absolute atomic E-state index is 2.23. The van der Waals surface area contributed by atoms with E-state index in [1.54, 1.807) is 0 Å². The molecule has 0 aromatic carbocycles. The summed E-state index contributed by atoms with van der Waals surface area (Å²) in [5, 5.41) is 0. The molecule has 32 valence electrons. The van der Waals surface area contributed by atoms with Crippen LogP contribution in [0.4, 0.5) is 0 Å². The van der Waals surface area contributed by atoms with Gasteiger partial charge in [-0.3, -0.25) is 0 Å². The molecule has 0 aliphatic carbocycles. The Morgan fingerprint density at radius 2 is 1.80 bits per heavy atom. The van der Waals surface area contributed by atoms with Gasteiger partial charge in [0.1, 0.15) is 0 Å². The molecule has 5 heavy (non-hydrogen) atoms. The summed E-state index contributed by atoms with van der Waals surface area (Å²) in [5.41, 5.74) is 0. The highest BCUT2D eigenvalue weighted by molar-refractivity contribution is 7.79. The molecule has 0 spiro atoms. The third kappa shape index (κ3) is 4.66. The minimum atomic E-state index is -2.23. The lowest BCUT2D eigenvalue weighted by Crippen LogP contribution is -1.59. The summed E-state index contributed by atoms with van der Waals surface area (Å²) < 4.78 is 3.62. The standard InChI is InChI=1S/H3O3PS/c1-4(2)3-5/h1-2,5H. The molecule has 0 bridgehead atoms. The molecule has 0 rings (SSSR count). The van der Waals surface area contributed by atoms with Gasteiger partial charge in [0.05, 0.1) is 0 Å². The van der Waals surface area contributed by atoms with Crippen molar-refractivity contribution in [2.45, 2.75) is 0 Å². The van der Waals surface area contributed by atoms with Crippen LogP contribution in [0.2, 0.25) is 0 Å². The summed E-state index contributed by atoms with van der Waals surface area (Å²) in [6.07, 6.45) is 0. The molecule has 0 aromatic heterocycles. The molecule has 2 N–H and O–H groups in total. The SMILES string of the molecule is OP(O)OS. The minimum Gasteiger partial charge on any atom is -0.328 e. The molecule has 0 saturated carbocycles. The van der Waals surface area contributed by atoms with Crippen LogP contribution in [0.5, 0.6) is 0 Å². The molecule has 0 unspecified atom stereocenters. The van der Waals surface area contributed by atoms with Gasteiger partial charge in [-0.25, -0.2) is 3.97 Å². The molecular formula is H3O3PS. The largest absolute Gasteiger partial charge is 0.338 e. The maximum atomic E-state index is 7.68. The lowest BCUT2D eigenvalue weighted by atomic mass is 15.8. The number of thiol groups is 1. The van der Waals surface area contributed by atoms with Crippen molar-refractivity contribution in [1.29, 1.82) is 0 Å². The van der Waals surface area contributed by atoms with E-state index in [0.29, 0.717) is 0 Å². The fourth-order valence-electron chi connectivity index (χ4n) is 0. The second kappa shape index (κ2) is 2.87. The van der Waals surface area contributed by atoms with E-state index in [4.69, 9.17) is 9.79 Å². The molecule has 0 amide bonds. The second-order valence-electron chi connectivity index (χ2n) is 0.334. The van der Waals surface area contributed by atoms with Crippen molar-refractivity contribution in [2.24, 2.45) is 0 Å². The van der Waals surface area contributed by atoms with Crippen LogP contribution in [0.1, 0.15) is 0 Å². The number of hydrogen-bond donors (Lipinski definition) is 3. The van der Waals surface area contributed by atoms with Crippen LogP contribution in [-0.4, -0.2) is 9.79 Å². The van der Waals surface area contributed by atoms with Crippen LogP contribution >= 0.6 is 21.5 Å². The molecule has 5 heteroatoms. The van der Waals surface area contributed by atoms with Crippen LogP contribution in [0.15, 0.2) is 0 Å². The topological polar surface area (TPSA) is 49.7 Å². The van der Waals surface area contributed by atoms with Crippen molar-refractivity contribution in [3.8, 4) is 0 Å². The predicted molar refractivity (Wildman–Crippen MR) is 21.4 cm³/mol. The molecule has 0 heterocycles. The van der Waals surface area contributed by atoms with Gasteiger partial charge in [-0.2, -0.15) is 0 Å². The van der Waals surface area contributed by atoms with E-state index in [1.807, 2.05) is 0 Å². The van der Waals surface area contributed by atoms with Gasteiger partial charge in [-0.05, 0) is 12.9 Å². The summed E-state index contributed by atoms with van der Waals surface area (Å²) in [6.45, 7) is 0. The lowest BCUT2D eigenvalue weighted by Gasteiger charge is -1.87. The zero-order chi connectivity index (χ0) is 4.28.